The molecular formula is C19H21FN2O2. The van der Waals surface area contributed by atoms with Crippen molar-refractivity contribution in [2.75, 3.05) is 12.4 Å². The molecule has 0 radical (unpaired) electrons. The van der Waals surface area contributed by atoms with Crippen LogP contribution in [0.25, 0.3) is 0 Å². The largest absolute Gasteiger partial charge is 0.495 e. The predicted octanol–water partition coefficient (Wildman–Crippen LogP) is 4.44. The zero-order valence-electron chi connectivity index (χ0n) is 14.1. The second-order valence-corrected chi connectivity index (χ2v) is 4.88. The van der Waals surface area contributed by atoms with Crippen molar-refractivity contribution < 1.29 is 13.9 Å². The zero-order valence-corrected chi connectivity index (χ0v) is 14.1. The van der Waals surface area contributed by atoms with Crippen molar-refractivity contribution in [3.8, 4) is 5.75 Å². The lowest BCUT2D eigenvalue weighted by atomic mass is 10.1. The Morgan fingerprint density at radius 3 is 2.67 bits per heavy atom. The van der Waals surface area contributed by atoms with Crippen LogP contribution in [0.1, 0.15) is 13.8 Å². The monoisotopic (exact) mass is 328 g/mol. The maximum atomic E-state index is 13.4. The summed E-state index contributed by atoms with van der Waals surface area (Å²) in [7, 11) is 1.44. The second-order valence-electron chi connectivity index (χ2n) is 4.88. The van der Waals surface area contributed by atoms with Crippen molar-refractivity contribution in [1.29, 1.82) is 0 Å². The quantitative estimate of drug-likeness (QED) is 0.457. The molecule has 0 saturated carbocycles. The molecule has 0 aliphatic rings. The van der Waals surface area contributed by atoms with Crippen molar-refractivity contribution in [2.24, 2.45) is 4.99 Å². The number of halogens is 1. The number of methoxy groups -OCH3 is 1. The van der Waals surface area contributed by atoms with Crippen molar-refractivity contribution in [3.63, 3.8) is 0 Å². The molecule has 5 heteroatoms. The molecule has 1 aromatic rings. The molecule has 1 amide bonds. The first-order valence-corrected chi connectivity index (χ1v) is 7.26. The molecule has 0 aliphatic heterocycles. The van der Waals surface area contributed by atoms with E-state index in [2.05, 4.69) is 23.5 Å². The van der Waals surface area contributed by atoms with Crippen LogP contribution in [-0.2, 0) is 4.79 Å². The third kappa shape index (κ3) is 5.35. The summed E-state index contributed by atoms with van der Waals surface area (Å²) in [4.78, 5) is 16.6. The summed E-state index contributed by atoms with van der Waals surface area (Å²) >= 11 is 0. The molecule has 0 aromatic heterocycles. The van der Waals surface area contributed by atoms with Crippen LogP contribution >= 0.6 is 0 Å². The Hall–Kier alpha value is -2.95. The van der Waals surface area contributed by atoms with Crippen LogP contribution in [0, 0.1) is 5.82 Å². The van der Waals surface area contributed by atoms with E-state index >= 15 is 0 Å². The SMILES string of the molecule is C=C\C(=C/C(=N\C=C/C)C(=C)C)C(=O)Nc1cc(F)ccc1OC. The number of hydrogen-bond acceptors (Lipinski definition) is 3. The zero-order chi connectivity index (χ0) is 18.1. The third-order valence-electron chi connectivity index (χ3n) is 2.98. The Morgan fingerprint density at radius 1 is 1.42 bits per heavy atom. The Kier molecular flexibility index (Phi) is 7.36. The number of rotatable bonds is 7. The van der Waals surface area contributed by atoms with E-state index in [0.717, 1.165) is 0 Å². The van der Waals surface area contributed by atoms with Gasteiger partial charge in [-0.1, -0.05) is 25.3 Å². The standard InChI is InChI=1S/C19H21FN2O2/c1-6-10-21-16(13(3)4)11-14(7-2)19(23)22-17-12-15(20)8-9-18(17)24-5/h6-12H,2-3H2,1,4-5H3,(H,22,23)/b10-6-,14-11+,21-16+. The molecule has 0 atom stereocenters. The number of hydrogen-bond donors (Lipinski definition) is 1. The highest BCUT2D eigenvalue weighted by molar-refractivity contribution is 6.15. The lowest BCUT2D eigenvalue weighted by Gasteiger charge is -2.11. The van der Waals surface area contributed by atoms with Crippen LogP contribution < -0.4 is 10.1 Å². The van der Waals surface area contributed by atoms with Gasteiger partial charge in [0.05, 0.1) is 18.5 Å². The van der Waals surface area contributed by atoms with E-state index in [1.54, 1.807) is 25.3 Å². The number of amides is 1. The number of ether oxygens (including phenoxy) is 1. The minimum absolute atomic E-state index is 0.234. The van der Waals surface area contributed by atoms with E-state index in [4.69, 9.17) is 4.74 Å². The minimum Gasteiger partial charge on any atom is -0.495 e. The first-order valence-electron chi connectivity index (χ1n) is 7.26. The summed E-state index contributed by atoms with van der Waals surface area (Å²) in [5, 5.41) is 2.61. The van der Waals surface area contributed by atoms with Gasteiger partial charge in [-0.25, -0.2) is 4.39 Å². The average Bonchev–Trinajstić information content (AvgIpc) is 2.54. The molecule has 1 rings (SSSR count). The highest BCUT2D eigenvalue weighted by Gasteiger charge is 2.12. The maximum Gasteiger partial charge on any atom is 0.255 e. The average molecular weight is 328 g/mol. The van der Waals surface area contributed by atoms with E-state index in [1.165, 1.54) is 31.4 Å². The van der Waals surface area contributed by atoms with Crippen LogP contribution in [0.15, 0.2) is 71.9 Å². The van der Waals surface area contributed by atoms with Gasteiger partial charge >= 0.3 is 0 Å². The van der Waals surface area contributed by atoms with Crippen LogP contribution in [-0.4, -0.2) is 18.7 Å². The van der Waals surface area contributed by atoms with E-state index in [-0.39, 0.29) is 11.3 Å². The van der Waals surface area contributed by atoms with Crippen molar-refractivity contribution in [2.45, 2.75) is 13.8 Å². The topological polar surface area (TPSA) is 50.7 Å². The number of carbonyl (C=O) groups is 1. The summed E-state index contributed by atoms with van der Waals surface area (Å²) < 4.78 is 18.5. The van der Waals surface area contributed by atoms with Crippen LogP contribution in [0.4, 0.5) is 10.1 Å². The molecule has 1 N–H and O–H groups in total. The molecule has 1 aromatic carbocycles. The van der Waals surface area contributed by atoms with Gasteiger partial charge in [-0.3, -0.25) is 9.79 Å². The van der Waals surface area contributed by atoms with Crippen molar-refractivity contribution >= 4 is 17.3 Å². The van der Waals surface area contributed by atoms with Gasteiger partial charge < -0.3 is 10.1 Å². The first-order chi connectivity index (χ1) is 11.4. The maximum absolute atomic E-state index is 13.4. The summed E-state index contributed by atoms with van der Waals surface area (Å²) in [6.07, 6.45) is 6.34. The van der Waals surface area contributed by atoms with Crippen LogP contribution in [0.3, 0.4) is 0 Å². The van der Waals surface area contributed by atoms with E-state index < -0.39 is 11.7 Å². The summed E-state index contributed by atoms with van der Waals surface area (Å²) in [5.74, 6) is -0.577. The van der Waals surface area contributed by atoms with Gasteiger partial charge in [-0.05, 0) is 37.6 Å². The smallest absolute Gasteiger partial charge is 0.255 e. The van der Waals surface area contributed by atoms with Crippen LogP contribution in [0.5, 0.6) is 5.75 Å². The normalized spacial score (nSPS) is 12.2. The number of anilines is 1. The number of aliphatic imine (C=N–C) groups is 1. The van der Waals surface area contributed by atoms with Gasteiger partial charge in [0.15, 0.2) is 0 Å². The fourth-order valence-corrected chi connectivity index (χ4v) is 1.76. The number of carbonyl (C=O) groups excluding carboxylic acids is 1. The van der Waals surface area contributed by atoms with Gasteiger partial charge in [0.1, 0.15) is 11.6 Å². The number of nitrogens with zero attached hydrogens (tertiary/aromatic N) is 1. The van der Waals surface area contributed by atoms with Gasteiger partial charge in [-0.2, -0.15) is 0 Å². The second kappa shape index (κ2) is 9.25. The summed E-state index contributed by atoms with van der Waals surface area (Å²) in [6, 6.07) is 3.88. The molecule has 126 valence electrons. The van der Waals surface area contributed by atoms with E-state index in [0.29, 0.717) is 17.0 Å². The first kappa shape index (κ1) is 19.1. The molecule has 0 fully saturated rings. The lowest BCUT2D eigenvalue weighted by Crippen LogP contribution is -2.15. The fraction of sp³-hybridized carbons (Fsp3) is 0.158. The number of nitrogens with one attached hydrogen (secondary N) is 1. The summed E-state index contributed by atoms with van der Waals surface area (Å²) in [5.41, 5.74) is 1.75. The van der Waals surface area contributed by atoms with E-state index in [9.17, 15) is 9.18 Å². The summed E-state index contributed by atoms with van der Waals surface area (Å²) in [6.45, 7) is 11.1. The van der Waals surface area contributed by atoms with Gasteiger partial charge in [0.25, 0.3) is 5.91 Å². The number of allylic oxidation sites excluding steroid dienone is 3. The molecular weight excluding hydrogens is 307 g/mol. The molecule has 24 heavy (non-hydrogen) atoms. The Balaban J connectivity index is 3.15. The molecule has 0 unspecified atom stereocenters. The van der Waals surface area contributed by atoms with Gasteiger partial charge in [0, 0.05) is 17.8 Å². The fourth-order valence-electron chi connectivity index (χ4n) is 1.76. The minimum atomic E-state index is -0.479. The van der Waals surface area contributed by atoms with Crippen molar-refractivity contribution in [3.05, 3.63) is 72.7 Å². The van der Waals surface area contributed by atoms with E-state index in [1.807, 2.05) is 6.92 Å². The van der Waals surface area contributed by atoms with Gasteiger partial charge in [-0.15, -0.1) is 0 Å². The third-order valence-corrected chi connectivity index (χ3v) is 2.98. The van der Waals surface area contributed by atoms with Crippen molar-refractivity contribution in [1.82, 2.24) is 0 Å². The molecule has 0 heterocycles. The highest BCUT2D eigenvalue weighted by Crippen LogP contribution is 2.25. The van der Waals surface area contributed by atoms with Gasteiger partial charge in [0.2, 0.25) is 0 Å². The predicted molar refractivity (Wildman–Crippen MR) is 96.9 cm³/mol. The molecule has 0 aliphatic carbocycles. The lowest BCUT2D eigenvalue weighted by molar-refractivity contribution is -0.112. The Bertz CT molecular complexity index is 731. The molecule has 0 saturated heterocycles. The number of benzene rings is 1. The molecule has 4 nitrogen and oxygen atoms in total. The molecule has 0 bridgehead atoms. The highest BCUT2D eigenvalue weighted by atomic mass is 19.1. The Morgan fingerprint density at radius 2 is 2.12 bits per heavy atom. The Labute approximate surface area is 141 Å². The molecule has 0 spiro atoms. The van der Waals surface area contributed by atoms with Crippen LogP contribution in [0.2, 0.25) is 0 Å².